The number of phenolic OH excluding ortho intramolecular Hbond substituents is 1. The molecule has 2 aromatic carbocycles. The van der Waals surface area contributed by atoms with E-state index in [-0.39, 0.29) is 35.2 Å². The molecule has 2 aliphatic heterocycles. The van der Waals surface area contributed by atoms with Gasteiger partial charge in [0, 0.05) is 25.2 Å². The molecule has 0 unspecified atom stereocenters. The fourth-order valence-corrected chi connectivity index (χ4v) is 6.76. The van der Waals surface area contributed by atoms with Crippen molar-refractivity contribution in [1.29, 1.82) is 0 Å². The Kier molecular flexibility index (Phi) is 8.11. The van der Waals surface area contributed by atoms with Crippen molar-refractivity contribution in [2.75, 3.05) is 25.2 Å². The third-order valence-electron chi connectivity index (χ3n) is 8.69. The van der Waals surface area contributed by atoms with Gasteiger partial charge in [0.2, 0.25) is 11.8 Å². The number of benzene rings is 2. The highest BCUT2D eigenvalue weighted by Gasteiger charge is 2.57. The molecule has 4 atom stereocenters. The van der Waals surface area contributed by atoms with E-state index in [0.29, 0.717) is 25.4 Å². The van der Waals surface area contributed by atoms with E-state index in [9.17, 15) is 24.8 Å². The molecule has 216 valence electrons. The summed E-state index contributed by atoms with van der Waals surface area (Å²) < 4.78 is 11.8. The molecule has 0 bridgehead atoms. The number of hydrogen-bond donors (Lipinski definition) is 1. The molecule has 2 saturated heterocycles. The number of aromatic hydroxyl groups is 1. The summed E-state index contributed by atoms with van der Waals surface area (Å²) in [5.41, 5.74) is 6.13. The van der Waals surface area contributed by atoms with E-state index >= 15 is 0 Å². The summed E-state index contributed by atoms with van der Waals surface area (Å²) in [6, 6.07) is 9.64. The van der Waals surface area contributed by atoms with Crippen LogP contribution < -0.4 is 4.90 Å². The van der Waals surface area contributed by atoms with Crippen LogP contribution in [0.1, 0.15) is 49.3 Å². The predicted octanol–water partition coefficient (Wildman–Crippen LogP) is 5.66. The number of hydrogen-bond acceptors (Lipinski definition) is 7. The lowest BCUT2D eigenvalue weighted by Gasteiger charge is -2.31. The highest BCUT2D eigenvalue weighted by molar-refractivity contribution is 6.22. The van der Waals surface area contributed by atoms with Crippen LogP contribution in [0.25, 0.3) is 6.08 Å². The van der Waals surface area contributed by atoms with Crippen LogP contribution >= 0.6 is 0 Å². The van der Waals surface area contributed by atoms with Gasteiger partial charge in [-0.05, 0) is 85.6 Å². The van der Waals surface area contributed by atoms with E-state index in [2.05, 4.69) is 13.0 Å². The first-order valence-corrected chi connectivity index (χ1v) is 14.1. The maximum Gasteiger partial charge on any atom is 0.271 e. The molecule has 1 N–H and O–H groups in total. The number of fused-ring (bicyclic) bond motifs is 3. The molecule has 0 saturated carbocycles. The van der Waals surface area contributed by atoms with Crippen molar-refractivity contribution in [2.45, 2.75) is 52.6 Å². The van der Waals surface area contributed by atoms with Crippen molar-refractivity contribution in [2.24, 2.45) is 17.8 Å². The molecule has 3 aliphatic rings. The van der Waals surface area contributed by atoms with E-state index in [4.69, 9.17) is 9.47 Å². The van der Waals surface area contributed by atoms with Gasteiger partial charge in [-0.25, -0.2) is 4.90 Å². The van der Waals surface area contributed by atoms with Crippen LogP contribution in [0.3, 0.4) is 0 Å². The fraction of sp³-hybridized carbons (Fsp3) is 0.438. The summed E-state index contributed by atoms with van der Waals surface area (Å²) >= 11 is 0. The Labute approximate surface area is 239 Å². The zero-order valence-corrected chi connectivity index (χ0v) is 23.9. The molecule has 2 heterocycles. The van der Waals surface area contributed by atoms with Gasteiger partial charge in [0.1, 0.15) is 5.75 Å². The number of allylic oxidation sites excluding steroid dienone is 1. The van der Waals surface area contributed by atoms with E-state index in [1.54, 1.807) is 13.2 Å². The Bertz CT molecular complexity index is 1440. The number of rotatable bonds is 9. The van der Waals surface area contributed by atoms with Gasteiger partial charge < -0.3 is 14.6 Å². The number of nitro groups is 1. The summed E-state index contributed by atoms with van der Waals surface area (Å²) in [4.78, 5) is 39.2. The van der Waals surface area contributed by atoms with Gasteiger partial charge in [-0.3, -0.25) is 19.7 Å². The van der Waals surface area contributed by atoms with Gasteiger partial charge in [0.05, 0.1) is 41.8 Å². The molecule has 41 heavy (non-hydrogen) atoms. The van der Waals surface area contributed by atoms with Crippen molar-refractivity contribution in [1.82, 2.24) is 0 Å². The summed E-state index contributed by atoms with van der Waals surface area (Å²) in [7, 11) is 1.62. The Morgan fingerprint density at radius 1 is 1.17 bits per heavy atom. The van der Waals surface area contributed by atoms with Crippen LogP contribution in [0.2, 0.25) is 0 Å². The Hall–Kier alpha value is -3.82. The quantitative estimate of drug-likeness (QED) is 0.182. The second kappa shape index (κ2) is 11.6. The number of carbonyl (C=O) groups is 2. The number of ether oxygens (including phenoxy) is 2. The minimum atomic E-state index is -0.563. The van der Waals surface area contributed by atoms with E-state index in [1.165, 1.54) is 23.8 Å². The molecular weight excluding hydrogens is 524 g/mol. The molecule has 0 spiro atoms. The van der Waals surface area contributed by atoms with Gasteiger partial charge in [-0.15, -0.1) is 0 Å². The first kappa shape index (κ1) is 28.7. The average molecular weight is 561 g/mol. The monoisotopic (exact) mass is 560 g/mol. The molecule has 2 amide bonds. The van der Waals surface area contributed by atoms with Crippen molar-refractivity contribution in [3.63, 3.8) is 0 Å². The first-order chi connectivity index (χ1) is 19.6. The average Bonchev–Trinajstić information content (AvgIpc) is 3.48. The highest BCUT2D eigenvalue weighted by Crippen LogP contribution is 2.50. The summed E-state index contributed by atoms with van der Waals surface area (Å²) in [5.74, 6) is -1.67. The van der Waals surface area contributed by atoms with Crippen molar-refractivity contribution >= 4 is 29.3 Å². The largest absolute Gasteiger partial charge is 0.507 e. The third-order valence-corrected chi connectivity index (χ3v) is 8.69. The molecule has 9 heteroatoms. The number of anilines is 1. The van der Waals surface area contributed by atoms with Crippen LogP contribution in [-0.4, -0.2) is 48.3 Å². The van der Waals surface area contributed by atoms with Crippen LogP contribution in [0.4, 0.5) is 11.4 Å². The topological polar surface area (TPSA) is 119 Å². The van der Waals surface area contributed by atoms with Crippen molar-refractivity contribution < 1.29 is 29.1 Å². The normalized spacial score (nSPS) is 24.2. The second-order valence-electron chi connectivity index (χ2n) is 11.2. The second-order valence-corrected chi connectivity index (χ2v) is 11.2. The van der Waals surface area contributed by atoms with Crippen LogP contribution in [-0.2, 0) is 19.1 Å². The Morgan fingerprint density at radius 3 is 2.56 bits per heavy atom. The SMILES string of the molecule is CC/C(=C\c1cc(C)c(O)c(C)c1)CC[C@H]1OC[C@H]2C1=C(COC)C[C@H]1C(=O)N(c3cccc([N+](=O)[O-])c3)C(=O)[C@H]12. The maximum atomic E-state index is 13.7. The Morgan fingerprint density at radius 2 is 1.90 bits per heavy atom. The lowest BCUT2D eigenvalue weighted by Crippen LogP contribution is -2.35. The zero-order valence-electron chi connectivity index (χ0n) is 23.9. The standard InChI is InChI=1S/C32H36N2O7/c1-5-20(13-21-11-18(2)30(35)19(3)12-21)9-10-27-28-22(16-40-4)14-25-29(26(28)17-41-27)32(37)33(31(25)36)23-7-6-8-24(15-23)34(38)39/h6-8,11-13,15,25-27,29,35H,5,9-10,14,16-17H2,1-4H3/b20-13+/t25-,26+,27-,29-/m1/s1. The number of phenols is 1. The van der Waals surface area contributed by atoms with Crippen LogP contribution in [0, 0.1) is 41.7 Å². The third kappa shape index (κ3) is 5.31. The van der Waals surface area contributed by atoms with Gasteiger partial charge in [0.25, 0.3) is 5.69 Å². The summed E-state index contributed by atoms with van der Waals surface area (Å²) in [6.07, 6.45) is 4.81. The molecule has 9 nitrogen and oxygen atoms in total. The first-order valence-electron chi connectivity index (χ1n) is 14.1. The molecule has 1 aliphatic carbocycles. The van der Waals surface area contributed by atoms with Crippen molar-refractivity contribution in [3.8, 4) is 5.75 Å². The molecule has 2 fully saturated rings. The fourth-order valence-electron chi connectivity index (χ4n) is 6.76. The number of nitro benzene ring substituents is 1. The molecule has 5 rings (SSSR count). The zero-order chi connectivity index (χ0) is 29.4. The van der Waals surface area contributed by atoms with Gasteiger partial charge in [0.15, 0.2) is 0 Å². The minimum Gasteiger partial charge on any atom is -0.507 e. The molecule has 0 aromatic heterocycles. The van der Waals surface area contributed by atoms with E-state index in [1.807, 2.05) is 26.0 Å². The van der Waals surface area contributed by atoms with Gasteiger partial charge in [-0.1, -0.05) is 24.6 Å². The number of amides is 2. The van der Waals surface area contributed by atoms with E-state index in [0.717, 1.165) is 52.0 Å². The van der Waals surface area contributed by atoms with Crippen molar-refractivity contribution in [3.05, 3.63) is 79.9 Å². The summed E-state index contributed by atoms with van der Waals surface area (Å²) in [5, 5.41) is 21.5. The van der Waals surface area contributed by atoms with E-state index < -0.39 is 16.8 Å². The molecule has 2 aromatic rings. The number of non-ortho nitro benzene ring substituents is 1. The van der Waals surface area contributed by atoms with Gasteiger partial charge in [-0.2, -0.15) is 0 Å². The van der Waals surface area contributed by atoms with Gasteiger partial charge >= 0.3 is 0 Å². The number of nitrogens with zero attached hydrogens (tertiary/aromatic N) is 2. The number of aryl methyl sites for hydroxylation is 2. The van der Waals surface area contributed by atoms with Crippen LogP contribution in [0.15, 0.2) is 53.1 Å². The maximum absolute atomic E-state index is 13.7. The predicted molar refractivity (Wildman–Crippen MR) is 154 cm³/mol. The number of carbonyl (C=O) groups excluding carboxylic acids is 2. The highest BCUT2D eigenvalue weighted by atomic mass is 16.6. The lowest BCUT2D eigenvalue weighted by molar-refractivity contribution is -0.384. The minimum absolute atomic E-state index is 0.168. The molecule has 0 radical (unpaired) electrons. The summed E-state index contributed by atoms with van der Waals surface area (Å²) in [6.45, 7) is 6.62. The molecular formula is C32H36N2O7. The number of imide groups is 1. The lowest BCUT2D eigenvalue weighted by atomic mass is 9.69. The number of methoxy groups -OCH3 is 1. The van der Waals surface area contributed by atoms with Crippen LogP contribution in [0.5, 0.6) is 5.75 Å². The Balaban J connectivity index is 1.39. The smallest absolute Gasteiger partial charge is 0.271 e.